The van der Waals surface area contributed by atoms with E-state index in [9.17, 15) is 4.39 Å². The molecule has 0 atom stereocenters. The molecule has 0 amide bonds. The summed E-state index contributed by atoms with van der Waals surface area (Å²) in [5.41, 5.74) is 2.81. The molecule has 3 rings (SSSR count). The third-order valence-corrected chi connectivity index (χ3v) is 7.74. The first kappa shape index (κ1) is 23.5. The van der Waals surface area contributed by atoms with Crippen LogP contribution in [0.15, 0.2) is 36.4 Å². The zero-order valence-electron chi connectivity index (χ0n) is 19.2. The van der Waals surface area contributed by atoms with Gasteiger partial charge in [0, 0.05) is 7.11 Å². The molecule has 0 unspecified atom stereocenters. The van der Waals surface area contributed by atoms with Crippen molar-refractivity contribution in [2.75, 3.05) is 13.8 Å². The largest absolute Gasteiger partial charge is 0.380 e. The Bertz CT molecular complexity index is 592. The van der Waals surface area contributed by atoms with E-state index in [4.69, 9.17) is 4.74 Å². The van der Waals surface area contributed by atoms with E-state index in [1.165, 1.54) is 81.8 Å². The molecule has 0 heterocycles. The quantitative estimate of drug-likeness (QED) is 0.330. The molecule has 168 valence electrons. The number of ether oxygens (including phenoxy) is 1. The van der Waals surface area contributed by atoms with Crippen LogP contribution >= 0.6 is 0 Å². The van der Waals surface area contributed by atoms with Crippen molar-refractivity contribution < 1.29 is 9.13 Å². The Morgan fingerprint density at radius 3 is 1.87 bits per heavy atom. The first-order valence-electron chi connectivity index (χ1n) is 12.6. The summed E-state index contributed by atoms with van der Waals surface area (Å²) in [4.78, 5) is 0. The van der Waals surface area contributed by atoms with Crippen molar-refractivity contribution in [2.45, 2.75) is 96.0 Å². The molecule has 2 aliphatic rings. The molecule has 0 N–H and O–H groups in total. The van der Waals surface area contributed by atoms with E-state index < -0.39 is 0 Å². The lowest BCUT2D eigenvalue weighted by molar-refractivity contribution is 0.185. The van der Waals surface area contributed by atoms with E-state index in [0.29, 0.717) is 13.0 Å². The molecule has 0 saturated heterocycles. The molecule has 0 bridgehead atoms. The summed E-state index contributed by atoms with van der Waals surface area (Å²) in [6.45, 7) is 0.498. The molecular formula is C28H43FO. The Labute approximate surface area is 184 Å². The summed E-state index contributed by atoms with van der Waals surface area (Å²) >= 11 is 0. The van der Waals surface area contributed by atoms with E-state index in [1.807, 2.05) is 6.08 Å². The van der Waals surface area contributed by atoms with Crippen LogP contribution in [-0.4, -0.2) is 13.8 Å². The summed E-state index contributed by atoms with van der Waals surface area (Å²) in [7, 11) is 1.76. The first-order chi connectivity index (χ1) is 14.8. The molecule has 0 spiro atoms. The van der Waals surface area contributed by atoms with Crippen molar-refractivity contribution in [2.24, 2.45) is 17.8 Å². The number of rotatable bonds is 11. The maximum atomic E-state index is 12.1. The van der Waals surface area contributed by atoms with Crippen LogP contribution in [-0.2, 0) is 11.3 Å². The van der Waals surface area contributed by atoms with Crippen molar-refractivity contribution in [3.05, 3.63) is 47.5 Å². The monoisotopic (exact) mass is 414 g/mol. The topological polar surface area (TPSA) is 9.23 Å². The zero-order valence-corrected chi connectivity index (χ0v) is 19.2. The maximum Gasteiger partial charge on any atom is 0.0928 e. The number of methoxy groups -OCH3 is 1. The van der Waals surface area contributed by atoms with Crippen molar-refractivity contribution in [3.63, 3.8) is 0 Å². The predicted molar refractivity (Wildman–Crippen MR) is 126 cm³/mol. The van der Waals surface area contributed by atoms with Crippen LogP contribution in [0.2, 0.25) is 0 Å². The van der Waals surface area contributed by atoms with Crippen molar-refractivity contribution in [1.82, 2.24) is 0 Å². The highest BCUT2D eigenvalue weighted by Crippen LogP contribution is 2.40. The second kappa shape index (κ2) is 13.3. The number of halogens is 1. The van der Waals surface area contributed by atoms with Gasteiger partial charge in [-0.1, -0.05) is 74.9 Å². The average Bonchev–Trinajstić information content (AvgIpc) is 2.79. The lowest BCUT2D eigenvalue weighted by Crippen LogP contribution is -2.17. The molecule has 1 aromatic carbocycles. The van der Waals surface area contributed by atoms with Gasteiger partial charge in [0.25, 0.3) is 0 Å². The van der Waals surface area contributed by atoms with Gasteiger partial charge in [-0.05, 0) is 79.7 Å². The van der Waals surface area contributed by atoms with Crippen LogP contribution in [0.5, 0.6) is 0 Å². The van der Waals surface area contributed by atoms with Crippen molar-refractivity contribution >= 4 is 0 Å². The van der Waals surface area contributed by atoms with Gasteiger partial charge in [-0.15, -0.1) is 0 Å². The standard InChI is InChI=1S/C28H43FO/c1-30-22-26-15-19-28(20-16-26)27-17-13-25(14-18-27)12-11-24-9-7-23(8-10-24)6-4-2-3-5-21-29/h2-3,15-16,19-20,23-25,27H,4-14,17-18,21-22H2,1H3/t23-,24-,25-,27-. The normalized spacial score (nSPS) is 27.5. The molecule has 0 aliphatic heterocycles. The molecule has 30 heavy (non-hydrogen) atoms. The minimum Gasteiger partial charge on any atom is -0.380 e. The van der Waals surface area contributed by atoms with Crippen LogP contribution in [0.1, 0.15) is 101 Å². The van der Waals surface area contributed by atoms with E-state index in [-0.39, 0.29) is 6.67 Å². The van der Waals surface area contributed by atoms with Crippen LogP contribution < -0.4 is 0 Å². The third-order valence-electron chi connectivity index (χ3n) is 7.74. The van der Waals surface area contributed by atoms with Gasteiger partial charge >= 0.3 is 0 Å². The Balaban J connectivity index is 1.28. The summed E-state index contributed by atoms with van der Waals surface area (Å²) < 4.78 is 17.3. The fourth-order valence-electron chi connectivity index (χ4n) is 5.75. The fourth-order valence-corrected chi connectivity index (χ4v) is 5.75. The highest BCUT2D eigenvalue weighted by molar-refractivity contribution is 5.25. The summed E-state index contributed by atoms with van der Waals surface area (Å²) in [5.74, 6) is 3.64. The molecular weight excluding hydrogens is 371 g/mol. The maximum absolute atomic E-state index is 12.1. The predicted octanol–water partition coefficient (Wildman–Crippen LogP) is 8.39. The Kier molecular flexibility index (Phi) is 10.4. The van der Waals surface area contributed by atoms with Crippen molar-refractivity contribution in [1.29, 1.82) is 0 Å². The zero-order chi connectivity index (χ0) is 21.0. The molecule has 1 nitrogen and oxygen atoms in total. The van der Waals surface area contributed by atoms with E-state index >= 15 is 0 Å². The highest BCUT2D eigenvalue weighted by atomic mass is 19.1. The van der Waals surface area contributed by atoms with Crippen LogP contribution in [0, 0.1) is 17.8 Å². The number of hydrogen-bond acceptors (Lipinski definition) is 1. The average molecular weight is 415 g/mol. The van der Waals surface area contributed by atoms with Gasteiger partial charge in [0.1, 0.15) is 0 Å². The van der Waals surface area contributed by atoms with Gasteiger partial charge in [0.2, 0.25) is 0 Å². The summed E-state index contributed by atoms with van der Waals surface area (Å²) in [5, 5.41) is 0. The summed E-state index contributed by atoms with van der Waals surface area (Å²) in [6, 6.07) is 9.13. The van der Waals surface area contributed by atoms with Gasteiger partial charge in [-0.3, -0.25) is 4.39 Å². The van der Waals surface area contributed by atoms with Crippen LogP contribution in [0.3, 0.4) is 0 Å². The van der Waals surface area contributed by atoms with Gasteiger partial charge < -0.3 is 4.74 Å². The molecule has 2 saturated carbocycles. The lowest BCUT2D eigenvalue weighted by atomic mass is 9.74. The second-order valence-corrected chi connectivity index (χ2v) is 9.88. The minimum absolute atomic E-state index is 0.217. The van der Waals surface area contributed by atoms with E-state index in [0.717, 1.165) is 30.1 Å². The number of benzene rings is 1. The fraction of sp³-hybridized carbons (Fsp3) is 0.714. The third kappa shape index (κ3) is 7.84. The van der Waals surface area contributed by atoms with E-state index in [1.54, 1.807) is 7.11 Å². The van der Waals surface area contributed by atoms with Gasteiger partial charge in [0.05, 0.1) is 13.3 Å². The lowest BCUT2D eigenvalue weighted by Gasteiger charge is -2.32. The molecule has 2 fully saturated rings. The van der Waals surface area contributed by atoms with Crippen LogP contribution in [0.25, 0.3) is 0 Å². The minimum atomic E-state index is -0.217. The Morgan fingerprint density at radius 1 is 0.767 bits per heavy atom. The van der Waals surface area contributed by atoms with Crippen LogP contribution in [0.4, 0.5) is 4.39 Å². The molecule has 0 radical (unpaired) electrons. The van der Waals surface area contributed by atoms with Gasteiger partial charge in [0.15, 0.2) is 0 Å². The van der Waals surface area contributed by atoms with Crippen molar-refractivity contribution in [3.8, 4) is 0 Å². The van der Waals surface area contributed by atoms with Gasteiger partial charge in [-0.2, -0.15) is 0 Å². The molecule has 1 aromatic rings. The van der Waals surface area contributed by atoms with Gasteiger partial charge in [-0.25, -0.2) is 0 Å². The smallest absolute Gasteiger partial charge is 0.0928 e. The van der Waals surface area contributed by atoms with E-state index in [2.05, 4.69) is 30.3 Å². The number of hydrogen-bond donors (Lipinski definition) is 0. The number of alkyl halides is 1. The molecule has 2 aliphatic carbocycles. The molecule has 0 aromatic heterocycles. The molecule has 2 heteroatoms. The first-order valence-corrected chi connectivity index (χ1v) is 12.6. The highest BCUT2D eigenvalue weighted by Gasteiger charge is 2.25. The SMILES string of the molecule is COCc1ccc([C@H]2CC[C@H](CC[C@H]3CC[C@H](CCC=CCCF)CC3)CC2)cc1. The summed E-state index contributed by atoms with van der Waals surface area (Å²) in [6.07, 6.45) is 21.5. The Morgan fingerprint density at radius 2 is 1.30 bits per heavy atom. The Hall–Kier alpha value is -1.15. The number of allylic oxidation sites excluding steroid dienone is 2. The second-order valence-electron chi connectivity index (χ2n) is 9.88.